The summed E-state index contributed by atoms with van der Waals surface area (Å²) < 4.78 is 2.18. The van der Waals surface area contributed by atoms with Crippen molar-refractivity contribution < 1.29 is 9.72 Å². The number of amides is 1. The maximum absolute atomic E-state index is 12.9. The van der Waals surface area contributed by atoms with Crippen molar-refractivity contribution in [2.45, 2.75) is 37.5 Å². The second kappa shape index (κ2) is 10.5. The van der Waals surface area contributed by atoms with E-state index in [2.05, 4.69) is 41.6 Å². The minimum atomic E-state index is -0.395. The maximum Gasteiger partial charge on any atom is 0.269 e. The molecule has 180 valence electrons. The first-order valence-electron chi connectivity index (χ1n) is 11.3. The Balaban J connectivity index is 1.56. The Morgan fingerprint density at radius 1 is 1.06 bits per heavy atom. The number of non-ortho nitro benzene ring substituents is 1. The Kier molecular flexibility index (Phi) is 7.47. The number of thioether (sulfide) groups is 1. The zero-order valence-corrected chi connectivity index (χ0v) is 21.7. The molecule has 1 fully saturated rings. The highest BCUT2D eigenvalue weighted by atomic mass is 32.2. The number of nitrogens with zero attached hydrogens (tertiary/aromatic N) is 4. The third-order valence-electron chi connectivity index (χ3n) is 5.63. The van der Waals surface area contributed by atoms with Crippen molar-refractivity contribution in [3.8, 4) is 5.69 Å². The van der Waals surface area contributed by atoms with Crippen molar-refractivity contribution in [2.75, 3.05) is 13.1 Å². The van der Waals surface area contributed by atoms with Crippen molar-refractivity contribution in [3.63, 3.8) is 0 Å². The second-order valence-electron chi connectivity index (χ2n) is 7.93. The number of aliphatic imine (C=N–C) groups is 1. The van der Waals surface area contributed by atoms with Crippen LogP contribution in [0.2, 0.25) is 0 Å². The van der Waals surface area contributed by atoms with E-state index in [1.54, 1.807) is 28.8 Å². The lowest BCUT2D eigenvalue weighted by Crippen LogP contribution is -2.28. The van der Waals surface area contributed by atoms with Gasteiger partial charge in [0.1, 0.15) is 0 Å². The molecule has 3 aromatic rings. The summed E-state index contributed by atoms with van der Waals surface area (Å²) in [6, 6.07) is 16.9. The van der Waals surface area contributed by atoms with Gasteiger partial charge in [-0.05, 0) is 93.6 Å². The highest BCUT2D eigenvalue weighted by molar-refractivity contribution is 8.18. The van der Waals surface area contributed by atoms with Gasteiger partial charge in [0.25, 0.3) is 11.6 Å². The quantitative estimate of drug-likeness (QED) is 0.209. The van der Waals surface area contributed by atoms with E-state index < -0.39 is 4.92 Å². The number of aromatic nitrogens is 1. The molecule has 35 heavy (non-hydrogen) atoms. The summed E-state index contributed by atoms with van der Waals surface area (Å²) in [4.78, 5) is 32.2. The molecular weight excluding hydrogens is 480 g/mol. The lowest BCUT2D eigenvalue weighted by Gasteiger charge is -2.11. The molecule has 0 spiro atoms. The third kappa shape index (κ3) is 5.21. The van der Waals surface area contributed by atoms with Crippen LogP contribution in [0.15, 0.2) is 74.3 Å². The summed E-state index contributed by atoms with van der Waals surface area (Å²) >= 11 is 2.99. The van der Waals surface area contributed by atoms with Gasteiger partial charge in [-0.25, -0.2) is 0 Å². The van der Waals surface area contributed by atoms with Crippen LogP contribution in [0, 0.1) is 24.0 Å². The number of hydrogen-bond acceptors (Lipinski definition) is 6. The van der Waals surface area contributed by atoms with E-state index in [4.69, 9.17) is 0 Å². The number of rotatable bonds is 7. The monoisotopic (exact) mass is 506 g/mol. The number of benzene rings is 2. The van der Waals surface area contributed by atoms with Crippen molar-refractivity contribution >= 4 is 46.4 Å². The normalized spacial score (nSPS) is 16.0. The predicted molar refractivity (Wildman–Crippen MR) is 143 cm³/mol. The Morgan fingerprint density at radius 2 is 1.69 bits per heavy atom. The molecule has 0 unspecified atom stereocenters. The van der Waals surface area contributed by atoms with E-state index in [-0.39, 0.29) is 11.6 Å². The Hall–Kier alpha value is -3.30. The van der Waals surface area contributed by atoms with E-state index in [1.807, 2.05) is 32.1 Å². The summed E-state index contributed by atoms with van der Waals surface area (Å²) in [6.07, 6.45) is 1.96. The molecule has 1 amide bonds. The summed E-state index contributed by atoms with van der Waals surface area (Å²) in [5.74, 6) is 0.00197. The van der Waals surface area contributed by atoms with Crippen LogP contribution in [-0.2, 0) is 4.79 Å². The first kappa shape index (κ1) is 24.8. The highest BCUT2D eigenvalue weighted by Gasteiger charge is 2.32. The van der Waals surface area contributed by atoms with E-state index >= 15 is 0 Å². The molecule has 0 N–H and O–H groups in total. The summed E-state index contributed by atoms with van der Waals surface area (Å²) in [5, 5.41) is 11.6. The zero-order chi connectivity index (χ0) is 25.1. The zero-order valence-electron chi connectivity index (χ0n) is 20.0. The number of carbonyl (C=O) groups is 1. The molecule has 9 heteroatoms. The molecule has 0 bridgehead atoms. The minimum Gasteiger partial charge on any atom is -0.318 e. The van der Waals surface area contributed by atoms with Crippen molar-refractivity contribution in [1.82, 2.24) is 9.47 Å². The van der Waals surface area contributed by atoms with E-state index in [1.165, 1.54) is 23.9 Å². The molecule has 1 saturated heterocycles. The number of nitro groups is 1. The summed E-state index contributed by atoms with van der Waals surface area (Å²) in [6.45, 7) is 9.29. The van der Waals surface area contributed by atoms with Crippen molar-refractivity contribution in [2.24, 2.45) is 4.99 Å². The third-order valence-corrected chi connectivity index (χ3v) is 7.69. The van der Waals surface area contributed by atoms with Gasteiger partial charge in [-0.3, -0.25) is 24.8 Å². The Bertz CT molecular complexity index is 1330. The van der Waals surface area contributed by atoms with E-state index in [0.29, 0.717) is 18.0 Å². The molecule has 1 aliphatic rings. The van der Waals surface area contributed by atoms with Crippen LogP contribution in [0.25, 0.3) is 11.8 Å². The van der Waals surface area contributed by atoms with E-state index in [0.717, 1.165) is 37.6 Å². The van der Waals surface area contributed by atoms with Gasteiger partial charge in [0.05, 0.1) is 9.83 Å². The number of amidine groups is 1. The molecule has 1 aromatic heterocycles. The predicted octanol–water partition coefficient (Wildman–Crippen LogP) is 6.47. The van der Waals surface area contributed by atoms with Crippen LogP contribution in [0.4, 0.5) is 5.69 Å². The molecule has 2 heterocycles. The summed E-state index contributed by atoms with van der Waals surface area (Å²) in [5.41, 5.74) is 4.27. The van der Waals surface area contributed by atoms with Gasteiger partial charge < -0.3 is 4.57 Å². The van der Waals surface area contributed by atoms with Gasteiger partial charge in [0.15, 0.2) is 5.17 Å². The minimum absolute atomic E-state index is 0.00197. The average Bonchev–Trinajstić information content (AvgIpc) is 3.29. The van der Waals surface area contributed by atoms with Gasteiger partial charge in [-0.15, -0.1) is 0 Å². The molecule has 0 aliphatic carbocycles. The molecule has 0 radical (unpaired) electrons. The van der Waals surface area contributed by atoms with Crippen LogP contribution in [-0.4, -0.2) is 38.6 Å². The molecule has 2 aromatic carbocycles. The molecule has 4 rings (SSSR count). The van der Waals surface area contributed by atoms with Crippen LogP contribution >= 0.6 is 23.5 Å². The fourth-order valence-corrected chi connectivity index (χ4v) is 5.86. The lowest BCUT2D eigenvalue weighted by atomic mass is 10.2. The molecule has 1 aliphatic heterocycles. The number of aryl methyl sites for hydroxylation is 1. The Labute approximate surface area is 213 Å². The van der Waals surface area contributed by atoms with Gasteiger partial charge >= 0.3 is 0 Å². The SMILES string of the molecule is CCN=C1S/C(=C/c2cc(C)n(-c3ccc(Sc4ccc([N+](=O)[O-])cc4)cc3)c2C)C(=O)N1CC. The molecule has 7 nitrogen and oxygen atoms in total. The number of nitro benzene ring substituents is 1. The first-order valence-corrected chi connectivity index (χ1v) is 12.9. The van der Waals surface area contributed by atoms with Gasteiger partial charge in [-0.1, -0.05) is 11.8 Å². The van der Waals surface area contributed by atoms with Gasteiger partial charge in [0.2, 0.25) is 0 Å². The largest absolute Gasteiger partial charge is 0.318 e. The van der Waals surface area contributed by atoms with Crippen LogP contribution in [0.3, 0.4) is 0 Å². The molecular formula is C26H26N4O3S2. The second-order valence-corrected chi connectivity index (χ2v) is 10.1. The topological polar surface area (TPSA) is 80.7 Å². The Morgan fingerprint density at radius 3 is 2.26 bits per heavy atom. The molecule has 0 atom stereocenters. The smallest absolute Gasteiger partial charge is 0.269 e. The maximum atomic E-state index is 12.9. The fourth-order valence-electron chi connectivity index (χ4n) is 3.95. The van der Waals surface area contributed by atoms with Gasteiger partial charge in [0, 0.05) is 52.1 Å². The average molecular weight is 507 g/mol. The molecule has 0 saturated carbocycles. The fraction of sp³-hybridized carbons (Fsp3) is 0.231. The van der Waals surface area contributed by atoms with Crippen LogP contribution < -0.4 is 0 Å². The number of likely N-dealkylation sites (N-methyl/N-ethyl adjacent to an activating group) is 1. The highest BCUT2D eigenvalue weighted by Crippen LogP contribution is 2.34. The number of carbonyl (C=O) groups excluding carboxylic acids is 1. The van der Waals surface area contributed by atoms with Crippen molar-refractivity contribution in [1.29, 1.82) is 0 Å². The lowest BCUT2D eigenvalue weighted by molar-refractivity contribution is -0.384. The summed E-state index contributed by atoms with van der Waals surface area (Å²) in [7, 11) is 0. The van der Waals surface area contributed by atoms with Crippen LogP contribution in [0.5, 0.6) is 0 Å². The van der Waals surface area contributed by atoms with Crippen LogP contribution in [0.1, 0.15) is 30.8 Å². The van der Waals surface area contributed by atoms with Crippen molar-refractivity contribution in [3.05, 3.63) is 86.6 Å². The first-order chi connectivity index (χ1) is 16.8. The van der Waals surface area contributed by atoms with Gasteiger partial charge in [-0.2, -0.15) is 0 Å². The standard InChI is InChI=1S/C26H26N4O3S2/c1-5-27-26-28(6-2)25(31)24(35-26)16-19-15-17(3)29(18(19)4)20-7-11-22(12-8-20)34-23-13-9-21(10-14-23)30(32)33/h7-16H,5-6H2,1-4H3/b24-16+,27-26?. The number of hydrogen-bond donors (Lipinski definition) is 0. The van der Waals surface area contributed by atoms with E-state index in [9.17, 15) is 14.9 Å².